The molecule has 2 aromatic heterocycles. The predicted octanol–water partition coefficient (Wildman–Crippen LogP) is 1.42. The van der Waals surface area contributed by atoms with Crippen LogP contribution in [-0.4, -0.2) is 26.7 Å². The average Bonchev–Trinajstić information content (AvgIpc) is 2.69. The Labute approximate surface area is 111 Å². The van der Waals surface area contributed by atoms with E-state index in [1.807, 2.05) is 13.8 Å². The van der Waals surface area contributed by atoms with E-state index in [9.17, 15) is 4.79 Å². The van der Waals surface area contributed by atoms with Crippen molar-refractivity contribution >= 4 is 11.6 Å². The number of carbonyl (C=O) groups is 1. The first kappa shape index (κ1) is 13.1. The predicted molar refractivity (Wildman–Crippen MR) is 71.1 cm³/mol. The number of aromatic nitrogens is 3. The number of nitrogens with two attached hydrogens (primary N) is 1. The highest BCUT2D eigenvalue weighted by Crippen LogP contribution is 2.19. The summed E-state index contributed by atoms with van der Waals surface area (Å²) in [5.41, 5.74) is 6.58. The van der Waals surface area contributed by atoms with Crippen LogP contribution in [0.2, 0.25) is 0 Å². The first-order chi connectivity index (χ1) is 8.99. The van der Waals surface area contributed by atoms with Crippen molar-refractivity contribution in [1.29, 1.82) is 0 Å². The van der Waals surface area contributed by atoms with E-state index in [-0.39, 0.29) is 11.9 Å². The monoisotopic (exact) mass is 260 g/mol. The van der Waals surface area contributed by atoms with Gasteiger partial charge in [-0.15, -0.1) is 0 Å². The van der Waals surface area contributed by atoms with E-state index in [1.54, 1.807) is 19.3 Å². The van der Waals surface area contributed by atoms with Crippen LogP contribution in [-0.2, 0) is 7.05 Å². The van der Waals surface area contributed by atoms with Gasteiger partial charge in [0.25, 0.3) is 0 Å². The van der Waals surface area contributed by atoms with Gasteiger partial charge in [-0.05, 0) is 19.9 Å². The standard InChI is InChI=1S/C13H16N4O2/c1-8(2)19-10-4-9(5-15-6-10)12(18)11-7-16-17(3)13(11)14/h4-8H,14H2,1-3H3. The van der Waals surface area contributed by atoms with E-state index in [1.165, 1.54) is 17.1 Å². The lowest BCUT2D eigenvalue weighted by Crippen LogP contribution is -2.09. The zero-order valence-corrected chi connectivity index (χ0v) is 11.1. The van der Waals surface area contributed by atoms with E-state index in [0.717, 1.165) is 0 Å². The van der Waals surface area contributed by atoms with Crippen molar-refractivity contribution in [3.8, 4) is 5.75 Å². The summed E-state index contributed by atoms with van der Waals surface area (Å²) in [6, 6.07) is 1.65. The highest BCUT2D eigenvalue weighted by atomic mass is 16.5. The summed E-state index contributed by atoms with van der Waals surface area (Å²) in [6.45, 7) is 3.82. The van der Waals surface area contributed by atoms with Crippen molar-refractivity contribution in [2.45, 2.75) is 20.0 Å². The fraction of sp³-hybridized carbons (Fsp3) is 0.308. The number of rotatable bonds is 4. The molecule has 0 aromatic carbocycles. The zero-order valence-electron chi connectivity index (χ0n) is 11.1. The van der Waals surface area contributed by atoms with E-state index in [2.05, 4.69) is 10.1 Å². The number of nitrogens with zero attached hydrogens (tertiary/aromatic N) is 3. The van der Waals surface area contributed by atoms with E-state index < -0.39 is 0 Å². The number of aryl methyl sites for hydroxylation is 1. The van der Waals surface area contributed by atoms with Crippen LogP contribution in [0.15, 0.2) is 24.7 Å². The molecule has 2 heterocycles. The van der Waals surface area contributed by atoms with Gasteiger partial charge in [-0.1, -0.05) is 0 Å². The summed E-state index contributed by atoms with van der Waals surface area (Å²) >= 11 is 0. The largest absolute Gasteiger partial charge is 0.489 e. The van der Waals surface area contributed by atoms with Crippen LogP contribution < -0.4 is 10.5 Å². The number of pyridine rings is 1. The number of ketones is 1. The summed E-state index contributed by atoms with van der Waals surface area (Å²) in [7, 11) is 1.68. The first-order valence-electron chi connectivity index (χ1n) is 5.93. The lowest BCUT2D eigenvalue weighted by atomic mass is 10.1. The molecule has 0 aliphatic heterocycles. The average molecular weight is 260 g/mol. The Morgan fingerprint density at radius 1 is 1.37 bits per heavy atom. The van der Waals surface area contributed by atoms with Gasteiger partial charge in [0.15, 0.2) is 5.78 Å². The molecule has 0 bridgehead atoms. The minimum Gasteiger partial charge on any atom is -0.489 e. The van der Waals surface area contributed by atoms with Crippen molar-refractivity contribution in [2.75, 3.05) is 5.73 Å². The molecule has 0 saturated carbocycles. The lowest BCUT2D eigenvalue weighted by molar-refractivity contribution is 0.103. The van der Waals surface area contributed by atoms with Crippen LogP contribution >= 0.6 is 0 Å². The van der Waals surface area contributed by atoms with Crippen LogP contribution in [0.5, 0.6) is 5.75 Å². The number of hydrogen-bond acceptors (Lipinski definition) is 5. The first-order valence-corrected chi connectivity index (χ1v) is 5.93. The Hall–Kier alpha value is -2.37. The van der Waals surface area contributed by atoms with Crippen molar-refractivity contribution in [1.82, 2.24) is 14.8 Å². The highest BCUT2D eigenvalue weighted by Gasteiger charge is 2.16. The van der Waals surface area contributed by atoms with Gasteiger partial charge in [0.05, 0.1) is 24.1 Å². The van der Waals surface area contributed by atoms with E-state index in [4.69, 9.17) is 10.5 Å². The molecule has 100 valence electrons. The fourth-order valence-corrected chi connectivity index (χ4v) is 1.66. The molecule has 19 heavy (non-hydrogen) atoms. The molecule has 6 nitrogen and oxygen atoms in total. The normalized spacial score (nSPS) is 10.7. The Balaban J connectivity index is 2.31. The summed E-state index contributed by atoms with van der Waals surface area (Å²) < 4.78 is 6.96. The van der Waals surface area contributed by atoms with Gasteiger partial charge < -0.3 is 10.5 Å². The number of nitrogen functional groups attached to an aromatic ring is 1. The van der Waals surface area contributed by atoms with Crippen molar-refractivity contribution < 1.29 is 9.53 Å². The Kier molecular flexibility index (Phi) is 3.50. The van der Waals surface area contributed by atoms with Crippen LogP contribution in [0.3, 0.4) is 0 Å². The van der Waals surface area contributed by atoms with Crippen LogP contribution in [0.1, 0.15) is 29.8 Å². The summed E-state index contributed by atoms with van der Waals surface area (Å²) in [4.78, 5) is 16.3. The van der Waals surface area contributed by atoms with Crippen LogP contribution in [0.25, 0.3) is 0 Å². The highest BCUT2D eigenvalue weighted by molar-refractivity contribution is 6.11. The summed E-state index contributed by atoms with van der Waals surface area (Å²) in [5, 5.41) is 3.95. The Bertz CT molecular complexity index is 604. The van der Waals surface area contributed by atoms with Gasteiger partial charge in [0.2, 0.25) is 0 Å². The van der Waals surface area contributed by atoms with Crippen molar-refractivity contribution in [3.63, 3.8) is 0 Å². The maximum absolute atomic E-state index is 12.3. The third-order valence-corrected chi connectivity index (χ3v) is 2.58. The van der Waals surface area contributed by atoms with Gasteiger partial charge in [-0.2, -0.15) is 5.10 Å². The van der Waals surface area contributed by atoms with Gasteiger partial charge in [0, 0.05) is 18.8 Å². The number of anilines is 1. The van der Waals surface area contributed by atoms with Crippen LogP contribution in [0, 0.1) is 0 Å². The fourth-order valence-electron chi connectivity index (χ4n) is 1.66. The number of hydrogen-bond donors (Lipinski definition) is 1. The molecule has 0 saturated heterocycles. The summed E-state index contributed by atoms with van der Waals surface area (Å²) in [5.74, 6) is 0.677. The van der Waals surface area contributed by atoms with Gasteiger partial charge in [0.1, 0.15) is 11.6 Å². The molecule has 2 aromatic rings. The third-order valence-electron chi connectivity index (χ3n) is 2.58. The molecular weight excluding hydrogens is 244 g/mol. The smallest absolute Gasteiger partial charge is 0.200 e. The molecule has 0 fully saturated rings. The van der Waals surface area contributed by atoms with Crippen molar-refractivity contribution in [3.05, 3.63) is 35.8 Å². The third kappa shape index (κ3) is 2.73. The van der Waals surface area contributed by atoms with Gasteiger partial charge >= 0.3 is 0 Å². The molecule has 2 rings (SSSR count). The topological polar surface area (TPSA) is 83.0 Å². The molecule has 2 N–H and O–H groups in total. The van der Waals surface area contributed by atoms with E-state index >= 15 is 0 Å². The molecule has 0 radical (unpaired) electrons. The van der Waals surface area contributed by atoms with Gasteiger partial charge in [-0.25, -0.2) is 0 Å². The maximum atomic E-state index is 12.3. The number of carbonyl (C=O) groups excluding carboxylic acids is 1. The van der Waals surface area contributed by atoms with E-state index in [0.29, 0.717) is 22.7 Å². The number of ether oxygens (including phenoxy) is 1. The molecule has 0 aliphatic rings. The quantitative estimate of drug-likeness (QED) is 0.840. The zero-order chi connectivity index (χ0) is 14.0. The second kappa shape index (κ2) is 5.09. The maximum Gasteiger partial charge on any atom is 0.200 e. The molecule has 0 atom stereocenters. The second-order valence-electron chi connectivity index (χ2n) is 4.47. The van der Waals surface area contributed by atoms with Crippen molar-refractivity contribution in [2.24, 2.45) is 7.05 Å². The summed E-state index contributed by atoms with van der Waals surface area (Å²) in [6.07, 6.45) is 4.54. The second-order valence-corrected chi connectivity index (χ2v) is 4.47. The molecule has 0 aliphatic carbocycles. The molecular formula is C13H16N4O2. The molecule has 0 amide bonds. The SMILES string of the molecule is CC(C)Oc1cncc(C(=O)c2cnn(C)c2N)c1. The van der Waals surface area contributed by atoms with Crippen LogP contribution in [0.4, 0.5) is 5.82 Å². The Morgan fingerprint density at radius 3 is 2.68 bits per heavy atom. The minimum absolute atomic E-state index is 0.0237. The molecule has 0 spiro atoms. The van der Waals surface area contributed by atoms with Gasteiger partial charge in [-0.3, -0.25) is 14.5 Å². The molecule has 6 heteroatoms. The lowest BCUT2D eigenvalue weighted by Gasteiger charge is -2.09. The molecule has 0 unspecified atom stereocenters. The Morgan fingerprint density at radius 2 is 2.11 bits per heavy atom. The minimum atomic E-state index is -0.215.